The van der Waals surface area contributed by atoms with Crippen LogP contribution in [0, 0.1) is 0 Å². The van der Waals surface area contributed by atoms with Gasteiger partial charge >= 0.3 is 18.2 Å². The van der Waals surface area contributed by atoms with E-state index in [1.54, 1.807) is 20.8 Å². The molecule has 0 spiro atoms. The molecule has 1 atom stereocenters. The highest BCUT2D eigenvalue weighted by molar-refractivity contribution is 5.73. The molecule has 0 aliphatic rings. The van der Waals surface area contributed by atoms with Crippen LogP contribution >= 0.6 is 0 Å². The summed E-state index contributed by atoms with van der Waals surface area (Å²) >= 11 is 0. The first-order valence-corrected chi connectivity index (χ1v) is 10.3. The van der Waals surface area contributed by atoms with Crippen molar-refractivity contribution in [2.24, 2.45) is 0 Å². The maximum Gasteiger partial charge on any atom is 0.407 e. The van der Waals surface area contributed by atoms with Crippen LogP contribution in [0.4, 0.5) is 9.59 Å². The second kappa shape index (κ2) is 12.3. The summed E-state index contributed by atoms with van der Waals surface area (Å²) in [5.41, 5.74) is 1.00. The van der Waals surface area contributed by atoms with E-state index in [0.29, 0.717) is 0 Å². The fraction of sp³-hybridized carbons (Fsp3) is 0.375. The number of hydrogen-bond acceptors (Lipinski definition) is 6. The predicted molar refractivity (Wildman–Crippen MR) is 119 cm³/mol. The smallest absolute Gasteiger partial charge is 0.407 e. The Balaban J connectivity index is 1.86. The number of nitrogens with one attached hydrogen (secondary N) is 2. The first-order chi connectivity index (χ1) is 15.2. The SMILES string of the molecule is CC(C)(C)OC(=O)C[C@@H](CNC(=O)OCc1ccccc1)NC(=O)OCc1ccccc1. The standard InChI is InChI=1S/C24H30N2O6/c1-24(2,3)32-21(27)14-20(26-23(29)31-17-19-12-8-5-9-13-19)15-25-22(28)30-16-18-10-6-4-7-11-18/h4-13,20H,14-17H2,1-3H3,(H,25,28)(H,26,29)/t20-/m0/s1. The first kappa shape index (κ1) is 24.7. The average molecular weight is 443 g/mol. The molecule has 0 aliphatic heterocycles. The number of ether oxygens (including phenoxy) is 3. The van der Waals surface area contributed by atoms with E-state index in [1.807, 2.05) is 60.7 Å². The summed E-state index contributed by atoms with van der Waals surface area (Å²) in [5, 5.41) is 5.16. The van der Waals surface area contributed by atoms with Gasteiger partial charge in [0.2, 0.25) is 0 Å². The summed E-state index contributed by atoms with van der Waals surface area (Å²) in [4.78, 5) is 36.5. The van der Waals surface area contributed by atoms with Gasteiger partial charge in [0.05, 0.1) is 12.5 Å². The highest BCUT2D eigenvalue weighted by Gasteiger charge is 2.23. The fourth-order valence-electron chi connectivity index (χ4n) is 2.67. The van der Waals surface area contributed by atoms with Gasteiger partial charge in [-0.2, -0.15) is 0 Å². The molecular weight excluding hydrogens is 412 g/mol. The van der Waals surface area contributed by atoms with Crippen LogP contribution in [0.1, 0.15) is 38.3 Å². The Morgan fingerprint density at radius 2 is 1.31 bits per heavy atom. The van der Waals surface area contributed by atoms with Crippen molar-refractivity contribution in [2.75, 3.05) is 6.54 Å². The summed E-state index contributed by atoms with van der Waals surface area (Å²) in [6.07, 6.45) is -1.51. The van der Waals surface area contributed by atoms with Crippen LogP contribution in [0.3, 0.4) is 0 Å². The van der Waals surface area contributed by atoms with Gasteiger partial charge < -0.3 is 24.8 Å². The Morgan fingerprint density at radius 3 is 1.81 bits per heavy atom. The van der Waals surface area contributed by atoms with E-state index in [9.17, 15) is 14.4 Å². The van der Waals surface area contributed by atoms with Gasteiger partial charge in [0.15, 0.2) is 0 Å². The Hall–Kier alpha value is -3.55. The monoisotopic (exact) mass is 442 g/mol. The molecule has 0 aromatic heterocycles. The van der Waals surface area contributed by atoms with Crippen LogP contribution in [0.15, 0.2) is 60.7 Å². The van der Waals surface area contributed by atoms with Crippen molar-refractivity contribution in [3.8, 4) is 0 Å². The third kappa shape index (κ3) is 10.5. The summed E-state index contributed by atoms with van der Waals surface area (Å²) < 4.78 is 15.7. The number of carbonyl (C=O) groups is 3. The second-order valence-electron chi connectivity index (χ2n) is 8.14. The zero-order chi connectivity index (χ0) is 23.4. The lowest BCUT2D eigenvalue weighted by Crippen LogP contribution is -2.45. The topological polar surface area (TPSA) is 103 Å². The van der Waals surface area contributed by atoms with Gasteiger partial charge in [0, 0.05) is 6.54 Å². The second-order valence-corrected chi connectivity index (χ2v) is 8.14. The van der Waals surface area contributed by atoms with Gasteiger partial charge in [0.25, 0.3) is 0 Å². The maximum atomic E-state index is 12.2. The molecule has 0 aliphatic carbocycles. The Labute approximate surface area is 188 Å². The number of esters is 1. The summed E-state index contributed by atoms with van der Waals surface area (Å²) in [6.45, 7) is 5.41. The van der Waals surface area contributed by atoms with Gasteiger partial charge in [-0.15, -0.1) is 0 Å². The minimum absolute atomic E-state index is 0.0344. The lowest BCUT2D eigenvalue weighted by molar-refractivity contribution is -0.155. The van der Waals surface area contributed by atoms with E-state index >= 15 is 0 Å². The number of alkyl carbamates (subject to hydrolysis) is 2. The number of hydrogen-bond donors (Lipinski definition) is 2. The molecule has 8 nitrogen and oxygen atoms in total. The molecule has 32 heavy (non-hydrogen) atoms. The van der Waals surface area contributed by atoms with Crippen molar-refractivity contribution in [1.82, 2.24) is 10.6 Å². The molecule has 0 unspecified atom stereocenters. The first-order valence-electron chi connectivity index (χ1n) is 10.3. The number of carbonyl (C=O) groups excluding carboxylic acids is 3. The van der Waals surface area contributed by atoms with E-state index in [-0.39, 0.29) is 26.2 Å². The minimum atomic E-state index is -0.739. The van der Waals surface area contributed by atoms with Gasteiger partial charge in [-0.3, -0.25) is 4.79 Å². The molecule has 2 aromatic rings. The minimum Gasteiger partial charge on any atom is -0.460 e. The summed E-state index contributed by atoms with van der Waals surface area (Å²) in [6, 6.07) is 17.7. The molecule has 0 heterocycles. The van der Waals surface area contributed by atoms with E-state index in [1.165, 1.54) is 0 Å². The Kier molecular flexibility index (Phi) is 9.53. The maximum absolute atomic E-state index is 12.2. The average Bonchev–Trinajstić information content (AvgIpc) is 2.74. The Bertz CT molecular complexity index is 865. The van der Waals surface area contributed by atoms with Crippen LogP contribution in [0.25, 0.3) is 0 Å². The van der Waals surface area contributed by atoms with Crippen molar-refractivity contribution in [2.45, 2.75) is 52.0 Å². The van der Waals surface area contributed by atoms with Gasteiger partial charge in [-0.25, -0.2) is 9.59 Å². The molecule has 2 aromatic carbocycles. The van der Waals surface area contributed by atoms with E-state index < -0.39 is 29.8 Å². The van der Waals surface area contributed by atoms with Crippen LogP contribution in [-0.4, -0.2) is 36.3 Å². The zero-order valence-electron chi connectivity index (χ0n) is 18.6. The molecule has 2 amide bonds. The van der Waals surface area contributed by atoms with E-state index in [4.69, 9.17) is 14.2 Å². The van der Waals surface area contributed by atoms with Crippen molar-refractivity contribution in [3.05, 3.63) is 71.8 Å². The molecule has 0 saturated heterocycles. The Morgan fingerprint density at radius 1 is 0.812 bits per heavy atom. The molecule has 0 bridgehead atoms. The normalized spacial score (nSPS) is 11.7. The lowest BCUT2D eigenvalue weighted by atomic mass is 10.1. The number of amides is 2. The highest BCUT2D eigenvalue weighted by Crippen LogP contribution is 2.10. The van der Waals surface area contributed by atoms with Crippen LogP contribution in [0.5, 0.6) is 0 Å². The number of rotatable bonds is 9. The lowest BCUT2D eigenvalue weighted by Gasteiger charge is -2.23. The molecule has 2 N–H and O–H groups in total. The van der Waals surface area contributed by atoms with E-state index in [2.05, 4.69) is 10.6 Å². The third-order valence-corrected chi connectivity index (χ3v) is 4.07. The predicted octanol–water partition coefficient (Wildman–Crippen LogP) is 3.94. The van der Waals surface area contributed by atoms with Gasteiger partial charge in [-0.05, 0) is 31.9 Å². The molecule has 0 radical (unpaired) electrons. The fourth-order valence-corrected chi connectivity index (χ4v) is 2.67. The quantitative estimate of drug-likeness (QED) is 0.450. The molecule has 2 rings (SSSR count). The number of benzene rings is 2. The van der Waals surface area contributed by atoms with Gasteiger partial charge in [-0.1, -0.05) is 60.7 Å². The summed E-state index contributed by atoms with van der Waals surface area (Å²) in [7, 11) is 0. The van der Waals surface area contributed by atoms with E-state index in [0.717, 1.165) is 11.1 Å². The van der Waals surface area contributed by atoms with Crippen LogP contribution in [-0.2, 0) is 32.2 Å². The van der Waals surface area contributed by atoms with Crippen molar-refractivity contribution < 1.29 is 28.6 Å². The largest absolute Gasteiger partial charge is 0.460 e. The molecule has 8 heteroatoms. The van der Waals surface area contributed by atoms with Crippen molar-refractivity contribution >= 4 is 18.2 Å². The molecular formula is C24H30N2O6. The molecule has 172 valence electrons. The third-order valence-electron chi connectivity index (χ3n) is 4.07. The molecule has 0 saturated carbocycles. The van der Waals surface area contributed by atoms with Crippen molar-refractivity contribution in [3.63, 3.8) is 0 Å². The van der Waals surface area contributed by atoms with Crippen molar-refractivity contribution in [1.29, 1.82) is 0 Å². The highest BCUT2D eigenvalue weighted by atomic mass is 16.6. The van der Waals surface area contributed by atoms with Gasteiger partial charge in [0.1, 0.15) is 18.8 Å². The van der Waals surface area contributed by atoms with Crippen LogP contribution in [0.2, 0.25) is 0 Å². The van der Waals surface area contributed by atoms with Crippen LogP contribution < -0.4 is 10.6 Å². The zero-order valence-corrected chi connectivity index (χ0v) is 18.6. The molecule has 0 fully saturated rings. The summed E-state index contributed by atoms with van der Waals surface area (Å²) in [5.74, 6) is -0.509.